The zero-order valence-corrected chi connectivity index (χ0v) is 11.3. The van der Waals surface area contributed by atoms with Crippen molar-refractivity contribution >= 4 is 9.84 Å². The molecule has 0 radical (unpaired) electrons. The maximum Gasteiger partial charge on any atom is 0.151 e. The summed E-state index contributed by atoms with van der Waals surface area (Å²) in [6.07, 6.45) is 1.73. The summed E-state index contributed by atoms with van der Waals surface area (Å²) < 4.78 is 28.3. The third-order valence-corrected chi connectivity index (χ3v) is 4.35. The lowest BCUT2D eigenvalue weighted by Crippen LogP contribution is -2.42. The van der Waals surface area contributed by atoms with Crippen LogP contribution in [0.15, 0.2) is 0 Å². The molecule has 1 aliphatic heterocycles. The van der Waals surface area contributed by atoms with Crippen molar-refractivity contribution in [2.75, 3.05) is 24.7 Å². The first kappa shape index (κ1) is 13.9. The fourth-order valence-corrected chi connectivity index (χ4v) is 3.47. The Kier molecular flexibility index (Phi) is 4.76. The van der Waals surface area contributed by atoms with Gasteiger partial charge in [-0.25, -0.2) is 8.42 Å². The lowest BCUT2D eigenvalue weighted by Gasteiger charge is -2.24. The average Bonchev–Trinajstić information content (AvgIpc) is 2.09. The number of hydrogen-bond acceptors (Lipinski definition) is 4. The van der Waals surface area contributed by atoms with Crippen molar-refractivity contribution in [3.05, 3.63) is 0 Å². The molecule has 1 atom stereocenters. The van der Waals surface area contributed by atoms with Gasteiger partial charge in [0.25, 0.3) is 0 Å². The monoisotopic (exact) mass is 249 g/mol. The van der Waals surface area contributed by atoms with E-state index in [9.17, 15) is 8.42 Å². The largest absolute Gasteiger partial charge is 0.375 e. The molecule has 0 spiro atoms. The molecule has 0 amide bonds. The van der Waals surface area contributed by atoms with Gasteiger partial charge < -0.3 is 10.1 Å². The summed E-state index contributed by atoms with van der Waals surface area (Å²) in [6.45, 7) is 7.38. The minimum Gasteiger partial charge on any atom is -0.375 e. The van der Waals surface area contributed by atoms with Gasteiger partial charge in [-0.05, 0) is 33.6 Å². The van der Waals surface area contributed by atoms with Crippen LogP contribution < -0.4 is 5.32 Å². The fraction of sp³-hybridized carbons (Fsp3) is 1.00. The van der Waals surface area contributed by atoms with Crippen molar-refractivity contribution in [1.82, 2.24) is 5.32 Å². The first-order chi connectivity index (χ1) is 7.29. The quantitative estimate of drug-likeness (QED) is 0.754. The summed E-state index contributed by atoms with van der Waals surface area (Å²) in [6, 6.07) is 0.113. The lowest BCUT2D eigenvalue weighted by atomic mass is 10.2. The Bertz CT molecular complexity index is 306. The fourth-order valence-electron chi connectivity index (χ4n) is 1.80. The molecule has 4 nitrogen and oxygen atoms in total. The van der Waals surface area contributed by atoms with Crippen LogP contribution >= 0.6 is 0 Å². The molecule has 1 N–H and O–H groups in total. The molecular weight excluding hydrogens is 226 g/mol. The zero-order chi connectivity index (χ0) is 12.2. The van der Waals surface area contributed by atoms with Crippen molar-refractivity contribution in [2.24, 2.45) is 0 Å². The minimum atomic E-state index is -2.80. The van der Waals surface area contributed by atoms with E-state index in [0.717, 1.165) is 19.4 Å². The molecule has 0 bridgehead atoms. The molecule has 5 heteroatoms. The van der Waals surface area contributed by atoms with Crippen LogP contribution in [0, 0.1) is 0 Å². The van der Waals surface area contributed by atoms with E-state index >= 15 is 0 Å². The Labute approximate surface area is 98.7 Å². The molecule has 1 saturated heterocycles. The summed E-state index contributed by atoms with van der Waals surface area (Å²) in [5, 5.41) is 3.25. The summed E-state index contributed by atoms with van der Waals surface area (Å²) in [5.41, 5.74) is -0.125. The summed E-state index contributed by atoms with van der Waals surface area (Å²) >= 11 is 0. The highest BCUT2D eigenvalue weighted by atomic mass is 32.2. The summed E-state index contributed by atoms with van der Waals surface area (Å²) in [7, 11) is -2.80. The number of ether oxygens (including phenoxy) is 1. The second kappa shape index (κ2) is 5.47. The molecule has 96 valence electrons. The van der Waals surface area contributed by atoms with Gasteiger partial charge in [0.05, 0.1) is 23.7 Å². The third kappa shape index (κ3) is 5.82. The standard InChI is InChI=1S/C11H23NO3S/c1-11(2,3)15-7-6-12-10-5-4-8-16(13,14)9-10/h10,12H,4-9H2,1-3H3. The van der Waals surface area contributed by atoms with Crippen LogP contribution in [0.1, 0.15) is 33.6 Å². The SMILES string of the molecule is CC(C)(C)OCCNC1CCCS(=O)(=O)C1. The van der Waals surface area contributed by atoms with Crippen LogP contribution in [0.5, 0.6) is 0 Å². The van der Waals surface area contributed by atoms with E-state index in [0.29, 0.717) is 12.4 Å². The van der Waals surface area contributed by atoms with Gasteiger partial charge in [0.2, 0.25) is 0 Å². The third-order valence-electron chi connectivity index (χ3n) is 2.53. The Balaban J connectivity index is 2.18. The Morgan fingerprint density at radius 2 is 2.06 bits per heavy atom. The van der Waals surface area contributed by atoms with Crippen LogP contribution in [0.25, 0.3) is 0 Å². The van der Waals surface area contributed by atoms with Gasteiger partial charge in [0.1, 0.15) is 0 Å². The van der Waals surface area contributed by atoms with Crippen LogP contribution in [-0.2, 0) is 14.6 Å². The van der Waals surface area contributed by atoms with Gasteiger partial charge in [0, 0.05) is 12.6 Å². The molecule has 0 aromatic heterocycles. The predicted octanol–water partition coefficient (Wildman–Crippen LogP) is 0.968. The Hall–Kier alpha value is -0.130. The summed E-state index contributed by atoms with van der Waals surface area (Å²) in [4.78, 5) is 0. The van der Waals surface area contributed by atoms with Crippen molar-refractivity contribution in [2.45, 2.75) is 45.3 Å². The van der Waals surface area contributed by atoms with Gasteiger partial charge in [-0.2, -0.15) is 0 Å². The molecule has 1 aliphatic rings. The molecule has 0 aliphatic carbocycles. The number of rotatable bonds is 4. The predicted molar refractivity (Wildman–Crippen MR) is 65.4 cm³/mol. The number of hydrogen-bond donors (Lipinski definition) is 1. The van der Waals surface area contributed by atoms with Gasteiger partial charge in [-0.3, -0.25) is 0 Å². The van der Waals surface area contributed by atoms with Crippen LogP contribution in [0.4, 0.5) is 0 Å². The molecule has 0 aromatic rings. The maximum atomic E-state index is 11.4. The number of nitrogens with one attached hydrogen (secondary N) is 1. The molecular formula is C11H23NO3S. The molecule has 1 rings (SSSR count). The lowest BCUT2D eigenvalue weighted by molar-refractivity contribution is -0.00155. The highest BCUT2D eigenvalue weighted by Crippen LogP contribution is 2.12. The molecule has 0 aromatic carbocycles. The molecule has 1 fully saturated rings. The van der Waals surface area contributed by atoms with Gasteiger partial charge >= 0.3 is 0 Å². The van der Waals surface area contributed by atoms with E-state index in [1.807, 2.05) is 20.8 Å². The van der Waals surface area contributed by atoms with Crippen LogP contribution in [-0.4, -0.2) is 44.7 Å². The summed E-state index contributed by atoms with van der Waals surface area (Å²) in [5.74, 6) is 0.631. The van der Waals surface area contributed by atoms with Gasteiger partial charge in [0.15, 0.2) is 9.84 Å². The van der Waals surface area contributed by atoms with Crippen molar-refractivity contribution in [3.63, 3.8) is 0 Å². The Morgan fingerprint density at radius 1 is 1.38 bits per heavy atom. The molecule has 1 unspecified atom stereocenters. The van der Waals surface area contributed by atoms with Crippen molar-refractivity contribution in [3.8, 4) is 0 Å². The smallest absolute Gasteiger partial charge is 0.151 e. The van der Waals surface area contributed by atoms with Gasteiger partial charge in [-0.15, -0.1) is 0 Å². The molecule has 0 saturated carbocycles. The van der Waals surface area contributed by atoms with Crippen molar-refractivity contribution in [1.29, 1.82) is 0 Å². The molecule has 16 heavy (non-hydrogen) atoms. The highest BCUT2D eigenvalue weighted by molar-refractivity contribution is 7.91. The number of sulfone groups is 1. The van der Waals surface area contributed by atoms with E-state index < -0.39 is 9.84 Å². The second-order valence-electron chi connectivity index (χ2n) is 5.37. The van der Waals surface area contributed by atoms with Crippen molar-refractivity contribution < 1.29 is 13.2 Å². The molecule has 1 heterocycles. The minimum absolute atomic E-state index is 0.113. The topological polar surface area (TPSA) is 55.4 Å². The van der Waals surface area contributed by atoms with E-state index in [1.54, 1.807) is 0 Å². The average molecular weight is 249 g/mol. The second-order valence-corrected chi connectivity index (χ2v) is 7.60. The highest BCUT2D eigenvalue weighted by Gasteiger charge is 2.24. The van der Waals surface area contributed by atoms with Crippen LogP contribution in [0.2, 0.25) is 0 Å². The van der Waals surface area contributed by atoms with E-state index in [-0.39, 0.29) is 17.4 Å². The van der Waals surface area contributed by atoms with Gasteiger partial charge in [-0.1, -0.05) is 0 Å². The first-order valence-corrected chi connectivity index (χ1v) is 7.68. The van der Waals surface area contributed by atoms with E-state index in [1.165, 1.54) is 0 Å². The first-order valence-electron chi connectivity index (χ1n) is 5.86. The normalized spacial score (nSPS) is 25.6. The maximum absolute atomic E-state index is 11.4. The van der Waals surface area contributed by atoms with E-state index in [2.05, 4.69) is 5.32 Å². The Morgan fingerprint density at radius 3 is 2.62 bits per heavy atom. The van der Waals surface area contributed by atoms with Crippen LogP contribution in [0.3, 0.4) is 0 Å². The van der Waals surface area contributed by atoms with E-state index in [4.69, 9.17) is 4.74 Å². The zero-order valence-electron chi connectivity index (χ0n) is 10.5.